The van der Waals surface area contributed by atoms with Gasteiger partial charge in [0.15, 0.2) is 0 Å². The number of carbonyl (C=O) groups is 1. The molecule has 1 saturated heterocycles. The van der Waals surface area contributed by atoms with Crippen LogP contribution in [0, 0.1) is 17.2 Å². The van der Waals surface area contributed by atoms with Gasteiger partial charge in [0.1, 0.15) is 17.8 Å². The summed E-state index contributed by atoms with van der Waals surface area (Å²) in [7, 11) is 0. The molecule has 1 unspecified atom stereocenters. The highest BCUT2D eigenvalue weighted by molar-refractivity contribution is 6.03. The van der Waals surface area contributed by atoms with Gasteiger partial charge in [0.05, 0.1) is 11.6 Å². The molecular formula is C18H19N5O. The molecule has 1 aromatic heterocycles. The highest BCUT2D eigenvalue weighted by atomic mass is 16.1. The van der Waals surface area contributed by atoms with Crippen molar-refractivity contribution in [3.05, 3.63) is 47.9 Å². The molecular weight excluding hydrogens is 302 g/mol. The maximum Gasteiger partial charge on any atom is 0.274 e. The van der Waals surface area contributed by atoms with E-state index >= 15 is 0 Å². The van der Waals surface area contributed by atoms with E-state index in [-0.39, 0.29) is 5.91 Å². The molecule has 1 amide bonds. The van der Waals surface area contributed by atoms with E-state index in [1.54, 1.807) is 30.3 Å². The minimum Gasteiger partial charge on any atom is -0.356 e. The van der Waals surface area contributed by atoms with E-state index in [0.717, 1.165) is 25.3 Å². The Bertz CT molecular complexity index is 766. The first-order chi connectivity index (χ1) is 11.7. The summed E-state index contributed by atoms with van der Waals surface area (Å²) in [4.78, 5) is 23.0. The second-order valence-electron chi connectivity index (χ2n) is 6.10. The van der Waals surface area contributed by atoms with E-state index in [1.807, 2.05) is 6.07 Å². The van der Waals surface area contributed by atoms with Gasteiger partial charge in [0, 0.05) is 24.8 Å². The number of rotatable bonds is 3. The zero-order chi connectivity index (χ0) is 16.9. The van der Waals surface area contributed by atoms with E-state index in [2.05, 4.69) is 27.1 Å². The maximum atomic E-state index is 12.4. The maximum absolute atomic E-state index is 12.4. The number of amides is 1. The standard InChI is InChI=1S/C18H19N5O/c1-13-3-2-8-23(11-13)17-9-16(20-12-21-17)18(24)22-15-6-4-14(10-19)5-7-15/h4-7,9,12-13H,2-3,8,11H2,1H3,(H,22,24). The molecule has 1 aliphatic rings. The SMILES string of the molecule is CC1CCCN(c2cc(C(=O)Nc3ccc(C#N)cc3)ncn2)C1. The lowest BCUT2D eigenvalue weighted by molar-refractivity contribution is 0.102. The highest BCUT2D eigenvalue weighted by Crippen LogP contribution is 2.21. The molecule has 24 heavy (non-hydrogen) atoms. The highest BCUT2D eigenvalue weighted by Gasteiger charge is 2.19. The molecule has 1 fully saturated rings. The van der Waals surface area contributed by atoms with Gasteiger partial charge in [-0.15, -0.1) is 0 Å². The summed E-state index contributed by atoms with van der Waals surface area (Å²) in [5.74, 6) is 1.14. The summed E-state index contributed by atoms with van der Waals surface area (Å²) in [5.41, 5.74) is 1.52. The van der Waals surface area contributed by atoms with Crippen LogP contribution in [0.4, 0.5) is 11.5 Å². The van der Waals surface area contributed by atoms with Crippen molar-refractivity contribution < 1.29 is 4.79 Å². The lowest BCUT2D eigenvalue weighted by atomic mass is 10.0. The smallest absolute Gasteiger partial charge is 0.274 e. The minimum absolute atomic E-state index is 0.284. The first-order valence-corrected chi connectivity index (χ1v) is 8.04. The Morgan fingerprint density at radius 3 is 2.83 bits per heavy atom. The number of hydrogen-bond acceptors (Lipinski definition) is 5. The Morgan fingerprint density at radius 1 is 1.33 bits per heavy atom. The minimum atomic E-state index is -0.284. The summed E-state index contributed by atoms with van der Waals surface area (Å²) in [6.07, 6.45) is 3.80. The van der Waals surface area contributed by atoms with Crippen LogP contribution in [0.5, 0.6) is 0 Å². The Kier molecular flexibility index (Phi) is 4.71. The van der Waals surface area contributed by atoms with Crippen LogP contribution >= 0.6 is 0 Å². The van der Waals surface area contributed by atoms with Crippen LogP contribution in [0.2, 0.25) is 0 Å². The van der Waals surface area contributed by atoms with Crippen molar-refractivity contribution in [1.82, 2.24) is 9.97 Å². The van der Waals surface area contributed by atoms with Crippen LogP contribution in [0.25, 0.3) is 0 Å². The van der Waals surface area contributed by atoms with Crippen LogP contribution in [0.15, 0.2) is 36.7 Å². The average Bonchev–Trinajstić information content (AvgIpc) is 2.62. The number of aromatic nitrogens is 2. The molecule has 0 radical (unpaired) electrons. The number of nitrogens with zero attached hydrogens (tertiary/aromatic N) is 4. The molecule has 2 heterocycles. The van der Waals surface area contributed by atoms with Gasteiger partial charge < -0.3 is 10.2 Å². The average molecular weight is 321 g/mol. The third-order valence-electron chi connectivity index (χ3n) is 4.14. The Balaban J connectivity index is 1.72. The number of anilines is 2. The fraction of sp³-hybridized carbons (Fsp3) is 0.333. The lowest BCUT2D eigenvalue weighted by Gasteiger charge is -2.31. The third-order valence-corrected chi connectivity index (χ3v) is 4.14. The van der Waals surface area contributed by atoms with Gasteiger partial charge in [-0.3, -0.25) is 4.79 Å². The third kappa shape index (κ3) is 3.69. The van der Waals surface area contributed by atoms with E-state index in [1.165, 1.54) is 12.7 Å². The number of piperidine rings is 1. The van der Waals surface area contributed by atoms with Crippen LogP contribution in [0.3, 0.4) is 0 Å². The van der Waals surface area contributed by atoms with Crippen LogP contribution in [-0.2, 0) is 0 Å². The molecule has 6 nitrogen and oxygen atoms in total. The van der Waals surface area contributed by atoms with Crippen LogP contribution in [0.1, 0.15) is 35.8 Å². The Hall–Kier alpha value is -2.94. The molecule has 0 aliphatic carbocycles. The van der Waals surface area contributed by atoms with Crippen LogP contribution < -0.4 is 10.2 Å². The molecule has 1 aromatic carbocycles. The second kappa shape index (κ2) is 7.09. The van der Waals surface area contributed by atoms with Gasteiger partial charge in [-0.05, 0) is 43.0 Å². The number of nitriles is 1. The zero-order valence-electron chi connectivity index (χ0n) is 13.6. The van der Waals surface area contributed by atoms with Gasteiger partial charge in [0.25, 0.3) is 5.91 Å². The molecule has 1 N–H and O–H groups in total. The molecule has 3 rings (SSSR count). The first kappa shape index (κ1) is 15.9. The topological polar surface area (TPSA) is 81.9 Å². The van der Waals surface area contributed by atoms with Gasteiger partial charge in [-0.1, -0.05) is 6.92 Å². The largest absolute Gasteiger partial charge is 0.356 e. The van der Waals surface area contributed by atoms with E-state index in [0.29, 0.717) is 22.9 Å². The monoisotopic (exact) mass is 321 g/mol. The molecule has 1 atom stereocenters. The van der Waals surface area contributed by atoms with E-state index in [9.17, 15) is 4.79 Å². The summed E-state index contributed by atoms with van der Waals surface area (Å²) in [6, 6.07) is 10.5. The second-order valence-corrected chi connectivity index (χ2v) is 6.10. The van der Waals surface area contributed by atoms with Gasteiger partial charge in [0.2, 0.25) is 0 Å². The van der Waals surface area contributed by atoms with Gasteiger partial charge in [-0.25, -0.2) is 9.97 Å². The van der Waals surface area contributed by atoms with Crippen molar-refractivity contribution in [3.8, 4) is 6.07 Å². The van der Waals surface area contributed by atoms with Crippen molar-refractivity contribution in [3.63, 3.8) is 0 Å². The summed E-state index contributed by atoms with van der Waals surface area (Å²) in [5, 5.41) is 11.6. The fourth-order valence-electron chi connectivity index (χ4n) is 2.86. The van der Waals surface area contributed by atoms with Crippen molar-refractivity contribution in [1.29, 1.82) is 5.26 Å². The summed E-state index contributed by atoms with van der Waals surface area (Å²) in [6.45, 7) is 4.14. The number of nitrogens with one attached hydrogen (secondary N) is 1. The Morgan fingerprint density at radius 2 is 2.12 bits per heavy atom. The molecule has 0 bridgehead atoms. The molecule has 6 heteroatoms. The number of benzene rings is 1. The quantitative estimate of drug-likeness (QED) is 0.940. The van der Waals surface area contributed by atoms with Gasteiger partial charge in [-0.2, -0.15) is 5.26 Å². The molecule has 1 aliphatic heterocycles. The number of hydrogen-bond donors (Lipinski definition) is 1. The predicted octanol–water partition coefficient (Wildman–Crippen LogP) is 2.84. The Labute approximate surface area is 141 Å². The van der Waals surface area contributed by atoms with Crippen molar-refractivity contribution in [2.45, 2.75) is 19.8 Å². The van der Waals surface area contributed by atoms with Crippen molar-refractivity contribution in [2.75, 3.05) is 23.3 Å². The molecule has 0 spiro atoms. The van der Waals surface area contributed by atoms with Crippen molar-refractivity contribution >= 4 is 17.4 Å². The number of carbonyl (C=O) groups excluding carboxylic acids is 1. The summed E-state index contributed by atoms with van der Waals surface area (Å²) < 4.78 is 0. The zero-order valence-corrected chi connectivity index (χ0v) is 13.6. The normalized spacial score (nSPS) is 17.2. The molecule has 0 saturated carbocycles. The van der Waals surface area contributed by atoms with E-state index in [4.69, 9.17) is 5.26 Å². The first-order valence-electron chi connectivity index (χ1n) is 8.04. The van der Waals surface area contributed by atoms with Crippen molar-refractivity contribution in [2.24, 2.45) is 5.92 Å². The molecule has 2 aromatic rings. The van der Waals surface area contributed by atoms with Crippen LogP contribution in [-0.4, -0.2) is 29.0 Å². The fourth-order valence-corrected chi connectivity index (χ4v) is 2.86. The lowest BCUT2D eigenvalue weighted by Crippen LogP contribution is -2.35. The summed E-state index contributed by atoms with van der Waals surface area (Å²) >= 11 is 0. The predicted molar refractivity (Wildman–Crippen MR) is 91.8 cm³/mol. The molecule has 122 valence electrons. The van der Waals surface area contributed by atoms with E-state index < -0.39 is 0 Å². The van der Waals surface area contributed by atoms with Gasteiger partial charge >= 0.3 is 0 Å².